The largest absolute Gasteiger partial charge is 0.324 e. The van der Waals surface area contributed by atoms with Gasteiger partial charge in [-0.2, -0.15) is 0 Å². The van der Waals surface area contributed by atoms with Gasteiger partial charge in [0.05, 0.1) is 4.88 Å². The lowest BCUT2D eigenvalue weighted by atomic mass is 10.1. The summed E-state index contributed by atoms with van der Waals surface area (Å²) < 4.78 is 0.933. The van der Waals surface area contributed by atoms with Crippen molar-refractivity contribution in [1.82, 2.24) is 4.90 Å². The number of halogens is 1. The average Bonchev–Trinajstić information content (AvgIpc) is 3.03. The first kappa shape index (κ1) is 15.2. The normalized spacial score (nSPS) is 18.6. The number of anilines is 1. The third-order valence-electron chi connectivity index (χ3n) is 3.77. The van der Waals surface area contributed by atoms with E-state index < -0.39 is 6.04 Å². The van der Waals surface area contributed by atoms with Crippen molar-refractivity contribution in [3.8, 4) is 0 Å². The number of carbonyl (C=O) groups is 2. The number of rotatable bonds is 2. The predicted molar refractivity (Wildman–Crippen MR) is 91.3 cm³/mol. The molecule has 0 saturated carbocycles. The molecule has 2 heterocycles. The van der Waals surface area contributed by atoms with E-state index in [2.05, 4.69) is 15.9 Å². The molecule has 4 nitrogen and oxygen atoms in total. The maximum Gasteiger partial charge on any atom is 0.264 e. The lowest BCUT2D eigenvalue weighted by Crippen LogP contribution is -2.57. The van der Waals surface area contributed by atoms with Gasteiger partial charge in [-0.25, -0.2) is 0 Å². The van der Waals surface area contributed by atoms with Crippen LogP contribution in [-0.4, -0.2) is 35.8 Å². The molecule has 1 atom stereocenters. The van der Waals surface area contributed by atoms with Crippen molar-refractivity contribution < 1.29 is 9.59 Å². The van der Waals surface area contributed by atoms with Crippen LogP contribution in [0.15, 0.2) is 46.3 Å². The Balaban J connectivity index is 1.80. The van der Waals surface area contributed by atoms with E-state index in [0.29, 0.717) is 18.0 Å². The van der Waals surface area contributed by atoms with Crippen molar-refractivity contribution in [2.75, 3.05) is 18.0 Å². The molecular weight excluding hydrogens is 364 g/mol. The van der Waals surface area contributed by atoms with Crippen molar-refractivity contribution in [3.63, 3.8) is 0 Å². The zero-order chi connectivity index (χ0) is 15.7. The van der Waals surface area contributed by atoms with E-state index in [1.807, 2.05) is 35.7 Å². The highest BCUT2D eigenvalue weighted by Crippen LogP contribution is 2.25. The van der Waals surface area contributed by atoms with Crippen LogP contribution < -0.4 is 4.90 Å². The summed E-state index contributed by atoms with van der Waals surface area (Å²) in [6.07, 6.45) is 0. The summed E-state index contributed by atoms with van der Waals surface area (Å²) in [4.78, 5) is 29.2. The van der Waals surface area contributed by atoms with Crippen molar-refractivity contribution in [3.05, 3.63) is 51.1 Å². The van der Waals surface area contributed by atoms with E-state index in [0.717, 1.165) is 10.2 Å². The third kappa shape index (κ3) is 2.80. The first-order valence-electron chi connectivity index (χ1n) is 6.99. The van der Waals surface area contributed by atoms with Gasteiger partial charge < -0.3 is 9.80 Å². The molecule has 22 heavy (non-hydrogen) atoms. The Hall–Kier alpha value is -1.66. The number of benzene rings is 1. The summed E-state index contributed by atoms with van der Waals surface area (Å²) >= 11 is 4.83. The number of nitrogens with zero attached hydrogens (tertiary/aromatic N) is 2. The molecule has 1 fully saturated rings. The maximum absolute atomic E-state index is 12.6. The number of amides is 2. The minimum absolute atomic E-state index is 0.0470. The molecule has 114 valence electrons. The van der Waals surface area contributed by atoms with Crippen LogP contribution in [0, 0.1) is 0 Å². The van der Waals surface area contributed by atoms with Gasteiger partial charge in [0.2, 0.25) is 5.91 Å². The lowest BCUT2D eigenvalue weighted by molar-refractivity contribution is -0.124. The first-order chi connectivity index (χ1) is 10.6. The predicted octanol–water partition coefficient (Wildman–Crippen LogP) is 3.39. The molecule has 1 aromatic carbocycles. The van der Waals surface area contributed by atoms with Crippen molar-refractivity contribution in [2.45, 2.75) is 13.0 Å². The van der Waals surface area contributed by atoms with Gasteiger partial charge in [-0.3, -0.25) is 9.59 Å². The molecule has 0 bridgehead atoms. The van der Waals surface area contributed by atoms with Crippen LogP contribution in [0.2, 0.25) is 0 Å². The number of hydrogen-bond acceptors (Lipinski definition) is 3. The molecule has 0 N–H and O–H groups in total. The average molecular weight is 379 g/mol. The van der Waals surface area contributed by atoms with Gasteiger partial charge >= 0.3 is 0 Å². The second-order valence-corrected chi connectivity index (χ2v) is 6.98. The molecule has 1 aromatic heterocycles. The number of thiophene rings is 1. The zero-order valence-electron chi connectivity index (χ0n) is 12.0. The molecule has 6 heteroatoms. The molecule has 0 unspecified atom stereocenters. The molecule has 2 aromatic rings. The highest BCUT2D eigenvalue weighted by molar-refractivity contribution is 9.10. The molecule has 0 aliphatic carbocycles. The fourth-order valence-electron chi connectivity index (χ4n) is 2.59. The number of hydrogen-bond donors (Lipinski definition) is 0. The molecule has 1 saturated heterocycles. The Labute approximate surface area is 141 Å². The molecule has 0 spiro atoms. The van der Waals surface area contributed by atoms with Gasteiger partial charge in [0.15, 0.2) is 0 Å². The van der Waals surface area contributed by atoms with Crippen molar-refractivity contribution in [2.24, 2.45) is 0 Å². The Morgan fingerprint density at radius 2 is 2.09 bits per heavy atom. The monoisotopic (exact) mass is 378 g/mol. The topological polar surface area (TPSA) is 40.6 Å². The van der Waals surface area contributed by atoms with Gasteiger partial charge in [0, 0.05) is 23.2 Å². The molecule has 1 aliphatic heterocycles. The summed E-state index contributed by atoms with van der Waals surface area (Å²) in [6.45, 7) is 2.84. The van der Waals surface area contributed by atoms with Crippen LogP contribution in [-0.2, 0) is 4.79 Å². The summed E-state index contributed by atoms with van der Waals surface area (Å²) in [5, 5.41) is 1.87. The third-order valence-corrected chi connectivity index (χ3v) is 5.12. The summed E-state index contributed by atoms with van der Waals surface area (Å²) in [7, 11) is 0. The molecule has 1 aliphatic rings. The van der Waals surface area contributed by atoms with E-state index in [1.54, 1.807) is 22.8 Å². The van der Waals surface area contributed by atoms with E-state index in [4.69, 9.17) is 0 Å². The van der Waals surface area contributed by atoms with E-state index in [9.17, 15) is 9.59 Å². The van der Waals surface area contributed by atoms with Gasteiger partial charge in [-0.05, 0) is 36.6 Å². The SMILES string of the molecule is C[C@@H]1C(=O)N(c2cccc(Br)c2)CCN1C(=O)c1cccs1. The van der Waals surface area contributed by atoms with Gasteiger partial charge in [-0.15, -0.1) is 11.3 Å². The van der Waals surface area contributed by atoms with Crippen LogP contribution in [0.25, 0.3) is 0 Å². The molecular formula is C16H15BrN2O2S. The minimum atomic E-state index is -0.456. The fourth-order valence-corrected chi connectivity index (χ4v) is 3.66. The van der Waals surface area contributed by atoms with E-state index in [-0.39, 0.29) is 11.8 Å². The standard InChI is InChI=1S/C16H15BrN2O2S/c1-11-15(20)19(13-5-2-4-12(17)10-13)8-7-18(11)16(21)14-6-3-9-22-14/h2-6,9-11H,7-8H2,1H3/t11-/m1/s1. The fraction of sp³-hybridized carbons (Fsp3) is 0.250. The highest BCUT2D eigenvalue weighted by Gasteiger charge is 2.35. The van der Waals surface area contributed by atoms with Crippen LogP contribution >= 0.6 is 27.3 Å². The summed E-state index contributed by atoms with van der Waals surface area (Å²) in [5.74, 6) is -0.112. The van der Waals surface area contributed by atoms with Crippen molar-refractivity contribution in [1.29, 1.82) is 0 Å². The molecule has 0 radical (unpaired) electrons. The quantitative estimate of drug-likeness (QED) is 0.803. The molecule has 2 amide bonds. The number of carbonyl (C=O) groups excluding carboxylic acids is 2. The smallest absolute Gasteiger partial charge is 0.264 e. The van der Waals surface area contributed by atoms with Crippen molar-refractivity contribution >= 4 is 44.8 Å². The van der Waals surface area contributed by atoms with E-state index in [1.165, 1.54) is 11.3 Å². The van der Waals surface area contributed by atoms with Crippen LogP contribution in [0.5, 0.6) is 0 Å². The van der Waals surface area contributed by atoms with Gasteiger partial charge in [0.1, 0.15) is 6.04 Å². The first-order valence-corrected chi connectivity index (χ1v) is 8.66. The van der Waals surface area contributed by atoms with Crippen LogP contribution in [0.4, 0.5) is 5.69 Å². The molecule has 3 rings (SSSR count). The lowest BCUT2D eigenvalue weighted by Gasteiger charge is -2.39. The minimum Gasteiger partial charge on any atom is -0.324 e. The Bertz CT molecular complexity index is 702. The summed E-state index contributed by atoms with van der Waals surface area (Å²) in [5.41, 5.74) is 0.856. The second-order valence-electron chi connectivity index (χ2n) is 5.12. The Kier molecular flexibility index (Phi) is 4.31. The van der Waals surface area contributed by atoms with E-state index >= 15 is 0 Å². The zero-order valence-corrected chi connectivity index (χ0v) is 14.4. The Morgan fingerprint density at radius 1 is 1.27 bits per heavy atom. The second kappa shape index (κ2) is 6.22. The van der Waals surface area contributed by atoms with Crippen LogP contribution in [0.3, 0.4) is 0 Å². The highest BCUT2D eigenvalue weighted by atomic mass is 79.9. The van der Waals surface area contributed by atoms with Crippen LogP contribution in [0.1, 0.15) is 16.6 Å². The van der Waals surface area contributed by atoms with Gasteiger partial charge in [0.25, 0.3) is 5.91 Å². The number of piperazine rings is 1. The summed E-state index contributed by atoms with van der Waals surface area (Å²) in [6, 6.07) is 10.8. The van der Waals surface area contributed by atoms with Gasteiger partial charge in [-0.1, -0.05) is 28.1 Å². The maximum atomic E-state index is 12.6. The Morgan fingerprint density at radius 3 is 2.77 bits per heavy atom.